The van der Waals surface area contributed by atoms with E-state index in [9.17, 15) is 9.59 Å². The smallest absolute Gasteiger partial charge is 0.239 e. The van der Waals surface area contributed by atoms with E-state index in [0.717, 1.165) is 40.3 Å². The van der Waals surface area contributed by atoms with Gasteiger partial charge in [0.05, 0.1) is 36.2 Å². The highest BCUT2D eigenvalue weighted by Crippen LogP contribution is 2.47. The summed E-state index contributed by atoms with van der Waals surface area (Å²) in [4.78, 5) is 37.3. The van der Waals surface area contributed by atoms with Crippen LogP contribution in [0.5, 0.6) is 0 Å². The molecule has 1 atom stereocenters. The summed E-state index contributed by atoms with van der Waals surface area (Å²) in [6.07, 6.45) is 6.39. The zero-order valence-electron chi connectivity index (χ0n) is 20.0. The van der Waals surface area contributed by atoms with Crippen LogP contribution in [0.4, 0.5) is 11.4 Å². The number of allylic oxidation sites excluding steroid dienone is 1. The fraction of sp³-hybridized carbons (Fsp3) is 0.286. The molecule has 5 rings (SSSR count). The number of ketones is 1. The maximum absolute atomic E-state index is 13.6. The SMILES string of the molecule is CC1(C)CC(=O)C2=C(C1)Nc1ccccc1N(CC(=O)NCc1ccccn1)C2c1ccncc1. The number of nitrogens with one attached hydrogen (secondary N) is 2. The first-order valence-electron chi connectivity index (χ1n) is 11.9. The topological polar surface area (TPSA) is 87.2 Å². The molecule has 1 aliphatic heterocycles. The van der Waals surface area contributed by atoms with E-state index in [4.69, 9.17) is 0 Å². The lowest BCUT2D eigenvalue weighted by Gasteiger charge is -2.37. The number of fused-ring (bicyclic) bond motifs is 1. The lowest BCUT2D eigenvalue weighted by molar-refractivity contribution is -0.121. The van der Waals surface area contributed by atoms with E-state index in [1.807, 2.05) is 59.5 Å². The quantitative estimate of drug-likeness (QED) is 0.578. The van der Waals surface area contributed by atoms with Crippen LogP contribution in [-0.4, -0.2) is 28.2 Å². The zero-order valence-corrected chi connectivity index (χ0v) is 20.0. The van der Waals surface area contributed by atoms with Crippen molar-refractivity contribution in [2.45, 2.75) is 39.3 Å². The van der Waals surface area contributed by atoms with Gasteiger partial charge in [-0.1, -0.05) is 32.0 Å². The molecule has 3 aromatic rings. The van der Waals surface area contributed by atoms with Gasteiger partial charge in [-0.05, 0) is 53.8 Å². The third-order valence-electron chi connectivity index (χ3n) is 6.53. The summed E-state index contributed by atoms with van der Waals surface area (Å²) in [7, 11) is 0. The van der Waals surface area contributed by atoms with Crippen LogP contribution >= 0.6 is 0 Å². The van der Waals surface area contributed by atoms with Gasteiger partial charge in [0.2, 0.25) is 5.91 Å². The molecule has 0 radical (unpaired) electrons. The van der Waals surface area contributed by atoms with Crippen molar-refractivity contribution in [3.8, 4) is 0 Å². The Morgan fingerprint density at radius 2 is 1.83 bits per heavy atom. The highest BCUT2D eigenvalue weighted by atomic mass is 16.2. The van der Waals surface area contributed by atoms with E-state index >= 15 is 0 Å². The molecule has 1 aromatic carbocycles. The molecule has 35 heavy (non-hydrogen) atoms. The van der Waals surface area contributed by atoms with Gasteiger partial charge in [0, 0.05) is 36.3 Å². The summed E-state index contributed by atoms with van der Waals surface area (Å²) in [6, 6.07) is 17.0. The van der Waals surface area contributed by atoms with Gasteiger partial charge in [-0.2, -0.15) is 0 Å². The van der Waals surface area contributed by atoms with Crippen LogP contribution in [-0.2, 0) is 16.1 Å². The Balaban J connectivity index is 1.57. The largest absolute Gasteiger partial charge is 0.357 e. The van der Waals surface area contributed by atoms with Crippen molar-refractivity contribution in [2.75, 3.05) is 16.8 Å². The summed E-state index contributed by atoms with van der Waals surface area (Å²) in [5, 5.41) is 6.56. The van der Waals surface area contributed by atoms with E-state index in [-0.39, 0.29) is 23.7 Å². The van der Waals surface area contributed by atoms with E-state index in [0.29, 0.717) is 13.0 Å². The van der Waals surface area contributed by atoms with Crippen LogP contribution in [0, 0.1) is 5.41 Å². The second-order valence-electron chi connectivity index (χ2n) is 9.88. The van der Waals surface area contributed by atoms with Gasteiger partial charge in [-0.3, -0.25) is 19.6 Å². The summed E-state index contributed by atoms with van der Waals surface area (Å²) < 4.78 is 0. The molecular formula is C28H29N5O2. The summed E-state index contributed by atoms with van der Waals surface area (Å²) in [6.45, 7) is 4.68. The lowest BCUT2D eigenvalue weighted by Crippen LogP contribution is -2.42. The van der Waals surface area contributed by atoms with Gasteiger partial charge in [-0.25, -0.2) is 0 Å². The molecule has 2 N–H and O–H groups in total. The zero-order chi connectivity index (χ0) is 24.4. The van der Waals surface area contributed by atoms with Crippen LogP contribution in [0.1, 0.15) is 44.0 Å². The van der Waals surface area contributed by atoms with Crippen molar-refractivity contribution in [3.05, 3.63) is 95.7 Å². The maximum atomic E-state index is 13.6. The maximum Gasteiger partial charge on any atom is 0.239 e. The molecule has 1 unspecified atom stereocenters. The Bertz CT molecular complexity index is 1270. The molecular weight excluding hydrogens is 438 g/mol. The molecule has 0 saturated carbocycles. The highest BCUT2D eigenvalue weighted by molar-refractivity contribution is 6.01. The third-order valence-corrected chi connectivity index (χ3v) is 6.53. The molecule has 3 heterocycles. The first-order chi connectivity index (χ1) is 16.9. The van der Waals surface area contributed by atoms with Crippen LogP contribution in [0.3, 0.4) is 0 Å². The number of carbonyl (C=O) groups is 2. The Kier molecular flexibility index (Phi) is 6.07. The first kappa shape index (κ1) is 22.8. The normalized spacial score (nSPS) is 18.7. The molecule has 0 saturated heterocycles. The molecule has 178 valence electrons. The van der Waals surface area contributed by atoms with Crippen molar-refractivity contribution < 1.29 is 9.59 Å². The van der Waals surface area contributed by atoms with Crippen LogP contribution in [0.15, 0.2) is 84.5 Å². The van der Waals surface area contributed by atoms with Gasteiger partial charge < -0.3 is 15.5 Å². The van der Waals surface area contributed by atoms with E-state index in [2.05, 4.69) is 34.4 Å². The van der Waals surface area contributed by atoms with Crippen molar-refractivity contribution in [1.29, 1.82) is 0 Å². The number of hydrogen-bond donors (Lipinski definition) is 2. The van der Waals surface area contributed by atoms with Gasteiger partial charge in [0.15, 0.2) is 5.78 Å². The number of hydrogen-bond acceptors (Lipinski definition) is 6. The minimum atomic E-state index is -0.409. The molecule has 0 bridgehead atoms. The van der Waals surface area contributed by atoms with E-state index < -0.39 is 6.04 Å². The monoisotopic (exact) mass is 467 g/mol. The van der Waals surface area contributed by atoms with Crippen molar-refractivity contribution >= 4 is 23.1 Å². The molecule has 1 amide bonds. The minimum absolute atomic E-state index is 0.0893. The van der Waals surface area contributed by atoms with Crippen molar-refractivity contribution in [1.82, 2.24) is 15.3 Å². The molecule has 1 aliphatic carbocycles. The second kappa shape index (κ2) is 9.33. The number of para-hydroxylation sites is 2. The summed E-state index contributed by atoms with van der Waals surface area (Å²) in [5.74, 6) is -0.0330. The van der Waals surface area contributed by atoms with E-state index in [1.165, 1.54) is 0 Å². The summed E-state index contributed by atoms with van der Waals surface area (Å²) >= 11 is 0. The molecule has 2 aliphatic rings. The Morgan fingerprint density at radius 3 is 2.60 bits per heavy atom. The van der Waals surface area contributed by atoms with Gasteiger partial charge in [-0.15, -0.1) is 0 Å². The fourth-order valence-corrected chi connectivity index (χ4v) is 5.02. The Hall–Kier alpha value is -4.00. The predicted molar refractivity (Wildman–Crippen MR) is 136 cm³/mol. The standard InChI is InChI=1S/C28H29N5O2/c1-28(2)15-22-26(24(34)16-28)27(19-10-13-29-14-11-19)33(23-9-4-3-8-21(23)32-22)18-25(35)31-17-20-7-5-6-12-30-20/h3-14,27,32H,15-18H2,1-2H3,(H,31,35). The molecule has 7 nitrogen and oxygen atoms in total. The number of Topliss-reactive ketones (excluding diaryl/α,β-unsaturated/α-hetero) is 1. The first-order valence-corrected chi connectivity index (χ1v) is 11.9. The van der Waals surface area contributed by atoms with Crippen molar-refractivity contribution in [3.63, 3.8) is 0 Å². The number of anilines is 2. The van der Waals surface area contributed by atoms with Crippen LogP contribution in [0.2, 0.25) is 0 Å². The molecule has 7 heteroatoms. The van der Waals surface area contributed by atoms with Crippen LogP contribution < -0.4 is 15.5 Å². The number of benzene rings is 1. The Labute approximate surface area is 205 Å². The minimum Gasteiger partial charge on any atom is -0.357 e. The average molecular weight is 468 g/mol. The number of nitrogens with zero attached hydrogens (tertiary/aromatic N) is 3. The Morgan fingerprint density at radius 1 is 1.06 bits per heavy atom. The molecule has 0 fully saturated rings. The average Bonchev–Trinajstić information content (AvgIpc) is 2.98. The molecule has 0 spiro atoms. The number of pyridine rings is 2. The number of aromatic nitrogens is 2. The van der Waals surface area contributed by atoms with Crippen molar-refractivity contribution in [2.24, 2.45) is 5.41 Å². The van der Waals surface area contributed by atoms with Gasteiger partial charge >= 0.3 is 0 Å². The van der Waals surface area contributed by atoms with E-state index in [1.54, 1.807) is 18.6 Å². The van der Waals surface area contributed by atoms with Crippen LogP contribution in [0.25, 0.3) is 0 Å². The fourth-order valence-electron chi connectivity index (χ4n) is 5.02. The second-order valence-corrected chi connectivity index (χ2v) is 9.88. The number of amides is 1. The van der Waals surface area contributed by atoms with Gasteiger partial charge in [0.25, 0.3) is 0 Å². The van der Waals surface area contributed by atoms with Gasteiger partial charge in [0.1, 0.15) is 0 Å². The number of carbonyl (C=O) groups excluding carboxylic acids is 2. The number of rotatable bonds is 5. The highest BCUT2D eigenvalue weighted by Gasteiger charge is 2.41. The third kappa shape index (κ3) is 4.80. The lowest BCUT2D eigenvalue weighted by atomic mass is 9.73. The summed E-state index contributed by atoms with van der Waals surface area (Å²) in [5.41, 5.74) is 4.99. The predicted octanol–water partition coefficient (Wildman–Crippen LogP) is 4.41. The molecule has 2 aromatic heterocycles.